The lowest BCUT2D eigenvalue weighted by Gasteiger charge is -2.21. The topological polar surface area (TPSA) is 41.1 Å². The van der Waals surface area contributed by atoms with Crippen LogP contribution in [0.1, 0.15) is 37.8 Å². The standard InChI is InChI=1S/C18H26N4/c1-5-11-22(12-6-2)18-19-10-9-17(21-18)20-16-8-7-14(3)13-15(16)4/h7-10,13H,5-6,11-12H2,1-4H3,(H,19,20,21). The van der Waals surface area contributed by atoms with Crippen molar-refractivity contribution in [3.8, 4) is 0 Å². The molecule has 0 fully saturated rings. The highest BCUT2D eigenvalue weighted by Crippen LogP contribution is 2.21. The number of benzene rings is 1. The van der Waals surface area contributed by atoms with E-state index < -0.39 is 0 Å². The fraction of sp³-hybridized carbons (Fsp3) is 0.444. The predicted molar refractivity (Wildman–Crippen MR) is 94.0 cm³/mol. The first kappa shape index (κ1) is 16.3. The van der Waals surface area contributed by atoms with Gasteiger partial charge in [-0.25, -0.2) is 4.98 Å². The lowest BCUT2D eigenvalue weighted by molar-refractivity contribution is 0.721. The molecule has 0 atom stereocenters. The molecular formula is C18H26N4. The summed E-state index contributed by atoms with van der Waals surface area (Å²) >= 11 is 0. The number of anilines is 3. The average molecular weight is 298 g/mol. The second-order valence-corrected chi connectivity index (χ2v) is 5.67. The Morgan fingerprint density at radius 3 is 2.41 bits per heavy atom. The number of nitrogens with zero attached hydrogens (tertiary/aromatic N) is 3. The summed E-state index contributed by atoms with van der Waals surface area (Å²) in [7, 11) is 0. The fourth-order valence-corrected chi connectivity index (χ4v) is 2.51. The maximum atomic E-state index is 4.67. The van der Waals surface area contributed by atoms with Gasteiger partial charge in [0.2, 0.25) is 5.95 Å². The van der Waals surface area contributed by atoms with Crippen molar-refractivity contribution in [1.82, 2.24) is 9.97 Å². The van der Waals surface area contributed by atoms with Crippen LogP contribution in [0, 0.1) is 13.8 Å². The summed E-state index contributed by atoms with van der Waals surface area (Å²) in [6.07, 6.45) is 4.02. The van der Waals surface area contributed by atoms with Crippen molar-refractivity contribution in [3.05, 3.63) is 41.6 Å². The van der Waals surface area contributed by atoms with Crippen LogP contribution in [0.25, 0.3) is 0 Å². The maximum Gasteiger partial charge on any atom is 0.227 e. The summed E-state index contributed by atoms with van der Waals surface area (Å²) in [5, 5.41) is 3.40. The van der Waals surface area contributed by atoms with Crippen LogP contribution in [0.4, 0.5) is 17.5 Å². The maximum absolute atomic E-state index is 4.67. The number of hydrogen-bond donors (Lipinski definition) is 1. The number of nitrogens with one attached hydrogen (secondary N) is 1. The zero-order chi connectivity index (χ0) is 15.9. The molecule has 0 aliphatic heterocycles. The molecule has 0 saturated heterocycles. The molecule has 0 saturated carbocycles. The van der Waals surface area contributed by atoms with Gasteiger partial charge in [-0.3, -0.25) is 0 Å². The van der Waals surface area contributed by atoms with Crippen molar-refractivity contribution >= 4 is 17.5 Å². The van der Waals surface area contributed by atoms with Gasteiger partial charge >= 0.3 is 0 Å². The van der Waals surface area contributed by atoms with Crippen LogP contribution in [0.5, 0.6) is 0 Å². The first-order valence-electron chi connectivity index (χ1n) is 8.06. The van der Waals surface area contributed by atoms with E-state index in [0.29, 0.717) is 0 Å². The van der Waals surface area contributed by atoms with E-state index in [9.17, 15) is 0 Å². The number of aromatic nitrogens is 2. The van der Waals surface area contributed by atoms with Crippen molar-refractivity contribution in [3.63, 3.8) is 0 Å². The Morgan fingerprint density at radius 1 is 1.05 bits per heavy atom. The third-order valence-electron chi connectivity index (χ3n) is 3.56. The Bertz CT molecular complexity index is 604. The Hall–Kier alpha value is -2.10. The average Bonchev–Trinajstić information content (AvgIpc) is 2.50. The molecule has 0 bridgehead atoms. The van der Waals surface area contributed by atoms with Gasteiger partial charge in [-0.1, -0.05) is 31.5 Å². The van der Waals surface area contributed by atoms with Crippen molar-refractivity contribution in [2.45, 2.75) is 40.5 Å². The second-order valence-electron chi connectivity index (χ2n) is 5.67. The van der Waals surface area contributed by atoms with E-state index in [1.54, 1.807) is 0 Å². The number of hydrogen-bond acceptors (Lipinski definition) is 4. The van der Waals surface area contributed by atoms with E-state index in [0.717, 1.165) is 43.4 Å². The Morgan fingerprint density at radius 2 is 1.77 bits per heavy atom. The molecule has 22 heavy (non-hydrogen) atoms. The first-order valence-corrected chi connectivity index (χ1v) is 8.06. The van der Waals surface area contributed by atoms with E-state index in [2.05, 4.69) is 66.1 Å². The molecule has 2 rings (SSSR count). The third kappa shape index (κ3) is 4.20. The molecule has 0 spiro atoms. The van der Waals surface area contributed by atoms with Crippen LogP contribution in [-0.2, 0) is 0 Å². The molecule has 4 nitrogen and oxygen atoms in total. The molecule has 1 aromatic heterocycles. The number of aryl methyl sites for hydroxylation is 2. The lowest BCUT2D eigenvalue weighted by Crippen LogP contribution is -2.27. The van der Waals surface area contributed by atoms with E-state index in [1.165, 1.54) is 11.1 Å². The van der Waals surface area contributed by atoms with Gasteiger partial charge in [-0.05, 0) is 44.4 Å². The second kappa shape index (κ2) is 7.78. The summed E-state index contributed by atoms with van der Waals surface area (Å²) in [5.74, 6) is 1.65. The van der Waals surface area contributed by atoms with Crippen molar-refractivity contribution in [1.29, 1.82) is 0 Å². The van der Waals surface area contributed by atoms with Crippen molar-refractivity contribution in [2.75, 3.05) is 23.3 Å². The molecule has 1 heterocycles. The molecule has 0 amide bonds. The largest absolute Gasteiger partial charge is 0.341 e. The van der Waals surface area contributed by atoms with Gasteiger partial charge in [0.25, 0.3) is 0 Å². The predicted octanol–water partition coefficient (Wildman–Crippen LogP) is 4.46. The quantitative estimate of drug-likeness (QED) is 0.819. The highest BCUT2D eigenvalue weighted by atomic mass is 15.3. The monoisotopic (exact) mass is 298 g/mol. The fourth-order valence-electron chi connectivity index (χ4n) is 2.51. The minimum atomic E-state index is 0.804. The lowest BCUT2D eigenvalue weighted by atomic mass is 10.1. The Labute approximate surface area is 133 Å². The van der Waals surface area contributed by atoms with E-state index in [1.807, 2.05) is 12.3 Å². The Kier molecular flexibility index (Phi) is 5.75. The zero-order valence-electron chi connectivity index (χ0n) is 14.1. The van der Waals surface area contributed by atoms with E-state index in [4.69, 9.17) is 0 Å². The van der Waals surface area contributed by atoms with Crippen LogP contribution >= 0.6 is 0 Å². The van der Waals surface area contributed by atoms with Gasteiger partial charge in [0.1, 0.15) is 5.82 Å². The van der Waals surface area contributed by atoms with Crippen LogP contribution < -0.4 is 10.2 Å². The van der Waals surface area contributed by atoms with Crippen LogP contribution in [0.15, 0.2) is 30.5 Å². The molecule has 0 aliphatic carbocycles. The molecule has 0 unspecified atom stereocenters. The molecule has 0 aliphatic rings. The minimum absolute atomic E-state index is 0.804. The summed E-state index contributed by atoms with van der Waals surface area (Å²) in [4.78, 5) is 11.3. The molecular weight excluding hydrogens is 272 g/mol. The molecule has 1 N–H and O–H groups in total. The van der Waals surface area contributed by atoms with Crippen LogP contribution in [0.2, 0.25) is 0 Å². The number of rotatable bonds is 7. The molecule has 118 valence electrons. The van der Waals surface area contributed by atoms with Gasteiger partial charge in [0.05, 0.1) is 0 Å². The van der Waals surface area contributed by atoms with Gasteiger partial charge in [-0.15, -0.1) is 0 Å². The van der Waals surface area contributed by atoms with Crippen LogP contribution in [0.3, 0.4) is 0 Å². The van der Waals surface area contributed by atoms with Crippen molar-refractivity contribution in [2.24, 2.45) is 0 Å². The third-order valence-corrected chi connectivity index (χ3v) is 3.56. The van der Waals surface area contributed by atoms with Gasteiger partial charge in [-0.2, -0.15) is 4.98 Å². The van der Waals surface area contributed by atoms with E-state index in [-0.39, 0.29) is 0 Å². The van der Waals surface area contributed by atoms with Crippen LogP contribution in [-0.4, -0.2) is 23.1 Å². The Balaban J connectivity index is 2.20. The SMILES string of the molecule is CCCN(CCC)c1nccc(Nc2ccc(C)cc2C)n1. The van der Waals surface area contributed by atoms with Gasteiger partial charge in [0, 0.05) is 25.0 Å². The summed E-state index contributed by atoms with van der Waals surface area (Å²) in [5.41, 5.74) is 3.58. The minimum Gasteiger partial charge on any atom is -0.341 e. The van der Waals surface area contributed by atoms with Gasteiger partial charge < -0.3 is 10.2 Å². The van der Waals surface area contributed by atoms with E-state index >= 15 is 0 Å². The first-order chi connectivity index (χ1) is 10.6. The van der Waals surface area contributed by atoms with Crippen molar-refractivity contribution < 1.29 is 0 Å². The molecule has 1 aromatic carbocycles. The summed E-state index contributed by atoms with van der Waals surface area (Å²) in [6, 6.07) is 8.30. The molecule has 0 radical (unpaired) electrons. The highest BCUT2D eigenvalue weighted by molar-refractivity contribution is 5.61. The summed E-state index contributed by atoms with van der Waals surface area (Å²) < 4.78 is 0. The normalized spacial score (nSPS) is 10.5. The summed E-state index contributed by atoms with van der Waals surface area (Å²) in [6.45, 7) is 10.5. The zero-order valence-corrected chi connectivity index (χ0v) is 14.1. The highest BCUT2D eigenvalue weighted by Gasteiger charge is 2.09. The molecule has 2 aromatic rings. The smallest absolute Gasteiger partial charge is 0.227 e. The molecule has 4 heteroatoms. The van der Waals surface area contributed by atoms with Gasteiger partial charge in [0.15, 0.2) is 0 Å².